The Bertz CT molecular complexity index is 1130. The first kappa shape index (κ1) is 26.3. The lowest BCUT2D eigenvalue weighted by Crippen LogP contribution is -2.54. The van der Waals surface area contributed by atoms with Crippen LogP contribution in [-0.2, 0) is 16.0 Å². The largest absolute Gasteiger partial charge is 0.497 e. The quantitative estimate of drug-likeness (QED) is 0.571. The number of anilines is 2. The third-order valence-corrected chi connectivity index (χ3v) is 9.91. The maximum atomic E-state index is 13.3. The summed E-state index contributed by atoms with van der Waals surface area (Å²) in [5.41, 5.74) is 1.84. The lowest BCUT2D eigenvalue weighted by atomic mass is 9.53. The number of fused-ring (bicyclic) bond motifs is 2. The number of carbonyl (C=O) groups is 1. The van der Waals surface area contributed by atoms with Gasteiger partial charge in [0, 0.05) is 35.9 Å². The molecule has 37 heavy (non-hydrogen) atoms. The summed E-state index contributed by atoms with van der Waals surface area (Å²) < 4.78 is 16.3. The minimum atomic E-state index is -0.543. The van der Waals surface area contributed by atoms with Gasteiger partial charge in [0.1, 0.15) is 11.5 Å². The first-order chi connectivity index (χ1) is 17.8. The number of methoxy groups -OCH3 is 2. The molecule has 6 atom stereocenters. The number of carbonyl (C=O) groups excluding carboxylic acids is 1. The molecule has 2 fully saturated rings. The first-order valence-electron chi connectivity index (χ1n) is 13.3. The molecule has 1 aromatic heterocycles. The molecule has 2 heterocycles. The summed E-state index contributed by atoms with van der Waals surface area (Å²) in [7, 11) is 3.29. The number of nitrogens with one attached hydrogen (secondary N) is 1. The van der Waals surface area contributed by atoms with Crippen LogP contribution in [0, 0.1) is 23.2 Å². The van der Waals surface area contributed by atoms with Gasteiger partial charge in [-0.05, 0) is 48.6 Å². The van der Waals surface area contributed by atoms with Crippen molar-refractivity contribution in [2.24, 2.45) is 23.2 Å². The summed E-state index contributed by atoms with van der Waals surface area (Å²) in [5.74, 6) is 1.50. The highest BCUT2D eigenvalue weighted by molar-refractivity contribution is 7.15. The Morgan fingerprint density at radius 1 is 1.30 bits per heavy atom. The molecule has 1 amide bonds. The molecule has 2 N–H and O–H groups in total. The number of rotatable bonds is 6. The van der Waals surface area contributed by atoms with E-state index >= 15 is 0 Å². The van der Waals surface area contributed by atoms with Crippen LogP contribution in [0.3, 0.4) is 0 Å². The van der Waals surface area contributed by atoms with Gasteiger partial charge in [0.25, 0.3) is 0 Å². The highest BCUT2D eigenvalue weighted by Crippen LogP contribution is 2.57. The smallest absolute Gasteiger partial charge is 0.225 e. The van der Waals surface area contributed by atoms with Crippen molar-refractivity contribution >= 4 is 28.1 Å². The lowest BCUT2D eigenvalue weighted by Gasteiger charge is -2.53. The number of benzene rings is 1. The number of amides is 1. The third kappa shape index (κ3) is 4.81. The van der Waals surface area contributed by atoms with Crippen LogP contribution < -0.4 is 14.8 Å². The van der Waals surface area contributed by atoms with E-state index in [1.165, 1.54) is 4.88 Å². The number of morpholine rings is 1. The number of aromatic nitrogens is 1. The third-order valence-electron chi connectivity index (χ3n) is 8.92. The fraction of sp³-hybridized carbons (Fsp3) is 0.643. The van der Waals surface area contributed by atoms with Gasteiger partial charge in [0.2, 0.25) is 5.91 Å². The second-order valence-corrected chi connectivity index (χ2v) is 12.2. The predicted octanol–water partition coefficient (Wildman–Crippen LogP) is 4.45. The second kappa shape index (κ2) is 10.4. The van der Waals surface area contributed by atoms with E-state index in [1.807, 2.05) is 30.0 Å². The minimum absolute atomic E-state index is 0.0263. The van der Waals surface area contributed by atoms with Crippen LogP contribution >= 0.6 is 11.3 Å². The van der Waals surface area contributed by atoms with Crippen molar-refractivity contribution < 1.29 is 24.1 Å². The number of thiazole rings is 1. The first-order valence-corrected chi connectivity index (χ1v) is 14.1. The Balaban J connectivity index is 1.37. The van der Waals surface area contributed by atoms with Gasteiger partial charge in [-0.15, -0.1) is 11.3 Å². The number of aliphatic hydroxyl groups excluding tert-OH is 1. The highest BCUT2D eigenvalue weighted by Gasteiger charge is 2.54. The van der Waals surface area contributed by atoms with Crippen LogP contribution in [0.1, 0.15) is 50.1 Å². The molecule has 0 unspecified atom stereocenters. The zero-order valence-electron chi connectivity index (χ0n) is 22.5. The average molecular weight is 530 g/mol. The van der Waals surface area contributed by atoms with Crippen molar-refractivity contribution in [3.05, 3.63) is 28.8 Å². The highest BCUT2D eigenvalue weighted by atomic mass is 32.1. The van der Waals surface area contributed by atoms with Gasteiger partial charge in [0.05, 0.1) is 44.9 Å². The van der Waals surface area contributed by atoms with Gasteiger partial charge in [-0.3, -0.25) is 4.79 Å². The summed E-state index contributed by atoms with van der Waals surface area (Å²) in [4.78, 5) is 21.4. The minimum Gasteiger partial charge on any atom is -0.497 e. The number of aliphatic hydroxyl groups is 1. The molecule has 5 rings (SSSR count). The SMILES string of the molecule is COc1ccc(OC)c(Nc2nc3c(s2)C[C@]2(C)CC[C@@H]([C@H](C)C(=O)N4CCOCC4)[C@H](O)[C@H]2[C@@H]3C)c1. The van der Waals surface area contributed by atoms with Crippen molar-refractivity contribution in [3.63, 3.8) is 0 Å². The van der Waals surface area contributed by atoms with Crippen LogP contribution in [0.5, 0.6) is 11.5 Å². The number of nitrogens with zero attached hydrogens (tertiary/aromatic N) is 2. The summed E-state index contributed by atoms with van der Waals surface area (Å²) in [6, 6.07) is 5.65. The van der Waals surface area contributed by atoms with Crippen molar-refractivity contribution in [3.8, 4) is 11.5 Å². The molecule has 1 saturated heterocycles. The Morgan fingerprint density at radius 3 is 2.76 bits per heavy atom. The maximum absolute atomic E-state index is 13.3. The van der Waals surface area contributed by atoms with Crippen molar-refractivity contribution in [1.29, 1.82) is 0 Å². The summed E-state index contributed by atoms with van der Waals surface area (Å²) >= 11 is 1.68. The molecule has 0 radical (unpaired) electrons. The van der Waals surface area contributed by atoms with E-state index in [0.29, 0.717) is 26.3 Å². The van der Waals surface area contributed by atoms with Crippen molar-refractivity contribution in [2.45, 2.75) is 52.1 Å². The average Bonchev–Trinajstić information content (AvgIpc) is 3.30. The molecule has 0 spiro atoms. The molecule has 1 aliphatic heterocycles. The Labute approximate surface area is 223 Å². The zero-order chi connectivity index (χ0) is 26.3. The van der Waals surface area contributed by atoms with Gasteiger partial charge in [-0.2, -0.15) is 0 Å². The van der Waals surface area contributed by atoms with Crippen molar-refractivity contribution in [2.75, 3.05) is 45.8 Å². The maximum Gasteiger partial charge on any atom is 0.225 e. The monoisotopic (exact) mass is 529 g/mol. The zero-order valence-corrected chi connectivity index (χ0v) is 23.3. The van der Waals surface area contributed by atoms with Crippen LogP contribution in [0.25, 0.3) is 0 Å². The molecular weight excluding hydrogens is 490 g/mol. The molecule has 2 aliphatic carbocycles. The van der Waals surface area contributed by atoms with Gasteiger partial charge in [-0.1, -0.05) is 20.8 Å². The molecule has 1 saturated carbocycles. The molecule has 0 bridgehead atoms. The number of hydrogen-bond acceptors (Lipinski definition) is 8. The lowest BCUT2D eigenvalue weighted by molar-refractivity contribution is -0.148. The molecule has 3 aliphatic rings. The molecule has 1 aromatic carbocycles. The van der Waals surface area contributed by atoms with Crippen LogP contribution in [0.2, 0.25) is 0 Å². The predicted molar refractivity (Wildman–Crippen MR) is 144 cm³/mol. The Morgan fingerprint density at radius 2 is 2.05 bits per heavy atom. The van der Waals surface area contributed by atoms with E-state index in [4.69, 9.17) is 19.2 Å². The van der Waals surface area contributed by atoms with Crippen LogP contribution in [0.15, 0.2) is 18.2 Å². The van der Waals surface area contributed by atoms with Crippen LogP contribution in [-0.4, -0.2) is 67.5 Å². The normalized spacial score (nSPS) is 30.2. The van der Waals surface area contributed by atoms with Crippen molar-refractivity contribution in [1.82, 2.24) is 9.88 Å². The van der Waals surface area contributed by atoms with E-state index < -0.39 is 6.10 Å². The Kier molecular flexibility index (Phi) is 7.40. The van der Waals surface area contributed by atoms with Crippen LogP contribution in [0.4, 0.5) is 10.8 Å². The standard InChI is InChI=1S/C28H39N3O5S/c1-16(26(33)31-10-12-36-13-11-31)19-8-9-28(3)15-22-24(17(2)23(28)25(19)32)30-27(37-22)29-20-14-18(34-4)6-7-21(20)35-5/h6-7,14,16-17,19,23,25,32H,8-13,15H2,1-5H3,(H,29,30)/t16-,17-,19-,23+,25-,28-/m0/s1. The molecule has 202 valence electrons. The van der Waals surface area contributed by atoms with E-state index in [0.717, 1.165) is 47.3 Å². The van der Waals surface area contributed by atoms with E-state index in [1.54, 1.807) is 25.6 Å². The van der Waals surface area contributed by atoms with Gasteiger partial charge < -0.3 is 29.5 Å². The molecule has 2 aromatic rings. The van der Waals surface area contributed by atoms with Gasteiger partial charge in [0.15, 0.2) is 5.13 Å². The Hall–Kier alpha value is -2.36. The topological polar surface area (TPSA) is 93.2 Å². The van der Waals surface area contributed by atoms with E-state index in [2.05, 4.69) is 19.2 Å². The van der Waals surface area contributed by atoms with E-state index in [-0.39, 0.29) is 35.0 Å². The summed E-state index contributed by atoms with van der Waals surface area (Å²) in [5, 5.41) is 16.0. The molecular formula is C28H39N3O5S. The number of hydrogen-bond donors (Lipinski definition) is 2. The summed E-state index contributed by atoms with van der Waals surface area (Å²) in [6.45, 7) is 8.96. The second-order valence-electron chi connectivity index (χ2n) is 11.1. The molecule has 9 heteroatoms. The molecule has 8 nitrogen and oxygen atoms in total. The summed E-state index contributed by atoms with van der Waals surface area (Å²) in [6.07, 6.45) is 2.20. The fourth-order valence-electron chi connectivity index (χ4n) is 6.88. The van der Waals surface area contributed by atoms with Gasteiger partial charge >= 0.3 is 0 Å². The van der Waals surface area contributed by atoms with Gasteiger partial charge in [-0.25, -0.2) is 4.98 Å². The number of ether oxygens (including phenoxy) is 3. The fourth-order valence-corrected chi connectivity index (χ4v) is 8.16. The van der Waals surface area contributed by atoms with E-state index in [9.17, 15) is 9.90 Å².